The number of piperazine rings is 1. The van der Waals surface area contributed by atoms with E-state index in [1.807, 2.05) is 29.4 Å². The summed E-state index contributed by atoms with van der Waals surface area (Å²) in [6.45, 7) is 4.11. The van der Waals surface area contributed by atoms with Crippen molar-refractivity contribution < 1.29 is 4.79 Å². The largest absolute Gasteiger partial charge is 0.323 e. The van der Waals surface area contributed by atoms with E-state index in [-0.39, 0.29) is 6.03 Å². The van der Waals surface area contributed by atoms with Crippen molar-refractivity contribution in [2.24, 2.45) is 0 Å². The van der Waals surface area contributed by atoms with E-state index in [4.69, 9.17) is 0 Å². The van der Waals surface area contributed by atoms with Crippen LogP contribution in [0, 0.1) is 0 Å². The molecule has 0 aromatic carbocycles. The lowest BCUT2D eigenvalue weighted by Crippen LogP contribution is -2.49. The van der Waals surface area contributed by atoms with E-state index >= 15 is 0 Å². The summed E-state index contributed by atoms with van der Waals surface area (Å²) in [5, 5.41) is 12.8. The predicted molar refractivity (Wildman–Crippen MR) is 92.0 cm³/mol. The van der Waals surface area contributed by atoms with Gasteiger partial charge >= 0.3 is 6.03 Å². The summed E-state index contributed by atoms with van der Waals surface area (Å²) in [7, 11) is 0. The molecule has 8 heteroatoms. The van der Waals surface area contributed by atoms with Crippen LogP contribution in [-0.4, -0.2) is 57.2 Å². The second-order valence-electron chi connectivity index (χ2n) is 6.27. The first-order valence-corrected chi connectivity index (χ1v) is 9.10. The van der Waals surface area contributed by atoms with Crippen molar-refractivity contribution in [3.63, 3.8) is 0 Å². The lowest BCUT2D eigenvalue weighted by Gasteiger charge is -2.34. The predicted octanol–water partition coefficient (Wildman–Crippen LogP) is 2.16. The standard InChI is InChI=1S/C16H20N6OS/c23-16(18-15-20-19-14(24-15)13-1-2-13)22-9-7-21(8-10-22)11-12-3-5-17-6-4-12/h3-6,13H,1-2,7-11H2,(H,18,20,23). The number of hydrogen-bond donors (Lipinski definition) is 1. The number of rotatable bonds is 4. The highest BCUT2D eigenvalue weighted by Gasteiger charge is 2.28. The van der Waals surface area contributed by atoms with Gasteiger partial charge < -0.3 is 4.90 Å². The summed E-state index contributed by atoms with van der Waals surface area (Å²) in [5.74, 6) is 0.574. The molecule has 0 spiro atoms. The number of carbonyl (C=O) groups is 1. The lowest BCUT2D eigenvalue weighted by molar-refractivity contribution is 0.143. The first-order valence-electron chi connectivity index (χ1n) is 8.28. The quantitative estimate of drug-likeness (QED) is 0.920. The summed E-state index contributed by atoms with van der Waals surface area (Å²) < 4.78 is 0. The Bertz CT molecular complexity index is 694. The maximum absolute atomic E-state index is 12.4. The molecule has 24 heavy (non-hydrogen) atoms. The van der Waals surface area contributed by atoms with E-state index in [1.165, 1.54) is 29.7 Å². The van der Waals surface area contributed by atoms with Crippen molar-refractivity contribution in [2.45, 2.75) is 25.3 Å². The fourth-order valence-corrected chi connectivity index (χ4v) is 3.71. The highest BCUT2D eigenvalue weighted by molar-refractivity contribution is 7.15. The minimum Gasteiger partial charge on any atom is -0.322 e. The number of aromatic nitrogens is 3. The highest BCUT2D eigenvalue weighted by Crippen LogP contribution is 2.42. The maximum Gasteiger partial charge on any atom is 0.323 e. The molecule has 1 N–H and O–H groups in total. The van der Waals surface area contributed by atoms with Crippen LogP contribution in [-0.2, 0) is 6.54 Å². The molecule has 126 valence electrons. The van der Waals surface area contributed by atoms with Crippen LogP contribution in [0.1, 0.15) is 29.3 Å². The van der Waals surface area contributed by atoms with Gasteiger partial charge in [0.25, 0.3) is 0 Å². The summed E-state index contributed by atoms with van der Waals surface area (Å²) in [5.41, 5.74) is 1.25. The van der Waals surface area contributed by atoms with E-state index in [0.29, 0.717) is 11.0 Å². The SMILES string of the molecule is O=C(Nc1nnc(C2CC2)s1)N1CCN(Cc2ccncc2)CC1. The molecule has 1 saturated heterocycles. The van der Waals surface area contributed by atoms with Gasteiger partial charge in [-0.15, -0.1) is 10.2 Å². The average molecular weight is 344 g/mol. The van der Waals surface area contributed by atoms with E-state index in [9.17, 15) is 4.79 Å². The average Bonchev–Trinajstić information content (AvgIpc) is 3.36. The Hall–Kier alpha value is -2.06. The number of carbonyl (C=O) groups excluding carboxylic acids is 1. The first-order chi connectivity index (χ1) is 11.8. The van der Waals surface area contributed by atoms with Crippen LogP contribution in [0.5, 0.6) is 0 Å². The van der Waals surface area contributed by atoms with Gasteiger partial charge in [-0.2, -0.15) is 0 Å². The topological polar surface area (TPSA) is 74.2 Å². The molecule has 1 aliphatic carbocycles. The van der Waals surface area contributed by atoms with Crippen LogP contribution in [0.25, 0.3) is 0 Å². The lowest BCUT2D eigenvalue weighted by atomic mass is 10.2. The zero-order valence-corrected chi connectivity index (χ0v) is 14.2. The number of hydrogen-bond acceptors (Lipinski definition) is 6. The van der Waals surface area contributed by atoms with E-state index < -0.39 is 0 Å². The fourth-order valence-electron chi connectivity index (χ4n) is 2.81. The second-order valence-corrected chi connectivity index (χ2v) is 7.28. The van der Waals surface area contributed by atoms with Crippen molar-refractivity contribution in [1.82, 2.24) is 25.0 Å². The Morgan fingerprint density at radius 3 is 2.62 bits per heavy atom. The molecule has 1 aliphatic heterocycles. The van der Waals surface area contributed by atoms with Crippen molar-refractivity contribution >= 4 is 22.5 Å². The molecule has 0 atom stereocenters. The molecule has 0 unspecified atom stereocenters. The van der Waals surface area contributed by atoms with Gasteiger partial charge in [-0.3, -0.25) is 15.2 Å². The summed E-state index contributed by atoms with van der Waals surface area (Å²) >= 11 is 1.50. The Kier molecular flexibility index (Phi) is 4.40. The number of nitrogens with one attached hydrogen (secondary N) is 1. The Balaban J connectivity index is 1.26. The number of pyridine rings is 1. The number of anilines is 1. The Morgan fingerprint density at radius 1 is 1.17 bits per heavy atom. The van der Waals surface area contributed by atoms with Crippen LogP contribution in [0.4, 0.5) is 9.93 Å². The second kappa shape index (κ2) is 6.82. The molecule has 1 saturated carbocycles. The van der Waals surface area contributed by atoms with Crippen LogP contribution in [0.15, 0.2) is 24.5 Å². The first kappa shape index (κ1) is 15.5. The smallest absolute Gasteiger partial charge is 0.322 e. The zero-order valence-electron chi connectivity index (χ0n) is 13.4. The molecular formula is C16H20N6OS. The molecule has 2 aromatic heterocycles. The van der Waals surface area contributed by atoms with E-state index in [1.54, 1.807) is 0 Å². The Labute approximate surface area is 144 Å². The highest BCUT2D eigenvalue weighted by atomic mass is 32.1. The monoisotopic (exact) mass is 344 g/mol. The molecule has 2 amide bonds. The molecule has 2 aliphatic rings. The normalized spacial score (nSPS) is 18.6. The van der Waals surface area contributed by atoms with Crippen molar-refractivity contribution in [1.29, 1.82) is 0 Å². The van der Waals surface area contributed by atoms with Crippen molar-refractivity contribution in [3.05, 3.63) is 35.1 Å². The third-order valence-electron chi connectivity index (χ3n) is 4.40. The van der Waals surface area contributed by atoms with Gasteiger partial charge in [-0.1, -0.05) is 11.3 Å². The summed E-state index contributed by atoms with van der Waals surface area (Å²) in [6, 6.07) is 4.00. The number of nitrogens with zero attached hydrogens (tertiary/aromatic N) is 5. The van der Waals surface area contributed by atoms with Gasteiger partial charge in [0.1, 0.15) is 5.01 Å². The molecule has 0 bridgehead atoms. The minimum absolute atomic E-state index is 0.0722. The van der Waals surface area contributed by atoms with E-state index in [2.05, 4.69) is 25.4 Å². The summed E-state index contributed by atoms with van der Waals surface area (Å²) in [6.07, 6.45) is 6.03. The summed E-state index contributed by atoms with van der Waals surface area (Å²) in [4.78, 5) is 20.6. The van der Waals surface area contributed by atoms with Crippen LogP contribution in [0.3, 0.4) is 0 Å². The van der Waals surface area contributed by atoms with Crippen LogP contribution < -0.4 is 5.32 Å². The number of urea groups is 1. The van der Waals surface area contributed by atoms with Crippen molar-refractivity contribution in [3.8, 4) is 0 Å². The minimum atomic E-state index is -0.0722. The van der Waals surface area contributed by atoms with E-state index in [0.717, 1.165) is 37.7 Å². The van der Waals surface area contributed by atoms with Crippen molar-refractivity contribution in [2.75, 3.05) is 31.5 Å². The van der Waals surface area contributed by atoms with Crippen LogP contribution in [0.2, 0.25) is 0 Å². The maximum atomic E-state index is 12.4. The zero-order chi connectivity index (χ0) is 16.4. The molecule has 3 heterocycles. The number of amides is 2. The van der Waals surface area contributed by atoms with Crippen LogP contribution >= 0.6 is 11.3 Å². The van der Waals surface area contributed by atoms with Gasteiger partial charge in [0.15, 0.2) is 0 Å². The van der Waals surface area contributed by atoms with Gasteiger partial charge in [0, 0.05) is 51.0 Å². The molecular weight excluding hydrogens is 324 g/mol. The fraction of sp³-hybridized carbons (Fsp3) is 0.500. The van der Waals surface area contributed by atoms with Gasteiger partial charge in [-0.05, 0) is 30.5 Å². The van der Waals surface area contributed by atoms with Gasteiger partial charge in [0.2, 0.25) is 5.13 Å². The molecule has 2 aromatic rings. The van der Waals surface area contributed by atoms with Gasteiger partial charge in [0.05, 0.1) is 0 Å². The third-order valence-corrected chi connectivity index (χ3v) is 5.40. The molecule has 2 fully saturated rings. The van der Waals surface area contributed by atoms with Gasteiger partial charge in [-0.25, -0.2) is 4.79 Å². The Morgan fingerprint density at radius 2 is 1.92 bits per heavy atom. The molecule has 4 rings (SSSR count). The third kappa shape index (κ3) is 3.70. The molecule has 0 radical (unpaired) electrons. The molecule has 7 nitrogen and oxygen atoms in total.